The maximum Gasteiger partial charge on any atom is 0.197 e. The predicted molar refractivity (Wildman–Crippen MR) is 107 cm³/mol. The fourth-order valence-corrected chi connectivity index (χ4v) is 3.04. The molecule has 0 aliphatic carbocycles. The summed E-state index contributed by atoms with van der Waals surface area (Å²) in [6.45, 7) is 9.71. The Kier molecular flexibility index (Phi) is 8.49. The van der Waals surface area contributed by atoms with Crippen molar-refractivity contribution in [2.24, 2.45) is 5.92 Å². The van der Waals surface area contributed by atoms with Gasteiger partial charge in [0.15, 0.2) is 6.29 Å². The minimum absolute atomic E-state index is 0.308. The molecule has 26 heavy (non-hydrogen) atoms. The molecule has 0 amide bonds. The first-order valence-corrected chi connectivity index (χ1v) is 9.64. The number of para-hydroxylation sites is 1. The van der Waals surface area contributed by atoms with Crippen molar-refractivity contribution < 1.29 is 14.2 Å². The van der Waals surface area contributed by atoms with Gasteiger partial charge in [0.05, 0.1) is 6.61 Å². The van der Waals surface area contributed by atoms with Crippen LogP contribution in [0.4, 0.5) is 0 Å². The quantitative estimate of drug-likeness (QED) is 0.362. The maximum atomic E-state index is 5.84. The third kappa shape index (κ3) is 7.09. The highest BCUT2D eigenvalue weighted by atomic mass is 16.7. The van der Waals surface area contributed by atoms with Crippen LogP contribution in [-0.4, -0.2) is 19.5 Å². The molecule has 2 unspecified atom stereocenters. The number of hydrogen-bond donors (Lipinski definition) is 0. The van der Waals surface area contributed by atoms with Crippen LogP contribution in [0.15, 0.2) is 54.6 Å². The molecule has 0 bridgehead atoms. The summed E-state index contributed by atoms with van der Waals surface area (Å²) in [6.07, 6.45) is 2.08. The van der Waals surface area contributed by atoms with Crippen LogP contribution in [0.25, 0.3) is 0 Å². The van der Waals surface area contributed by atoms with Crippen molar-refractivity contribution in [2.45, 2.75) is 52.7 Å². The van der Waals surface area contributed by atoms with Gasteiger partial charge in [-0.25, -0.2) is 0 Å². The van der Waals surface area contributed by atoms with E-state index in [0.717, 1.165) is 11.5 Å². The van der Waals surface area contributed by atoms with Crippen LogP contribution in [0.1, 0.15) is 52.0 Å². The molecule has 0 N–H and O–H groups in total. The Labute approximate surface area is 158 Å². The molecule has 0 aromatic heterocycles. The predicted octanol–water partition coefficient (Wildman–Crippen LogP) is 6.05. The number of ether oxygens (including phenoxy) is 3. The average Bonchev–Trinajstić information content (AvgIpc) is 2.65. The molecule has 0 fully saturated rings. The maximum absolute atomic E-state index is 5.84. The van der Waals surface area contributed by atoms with Gasteiger partial charge in [0.2, 0.25) is 0 Å². The van der Waals surface area contributed by atoms with Gasteiger partial charge >= 0.3 is 0 Å². The molecule has 0 radical (unpaired) electrons. The van der Waals surface area contributed by atoms with E-state index >= 15 is 0 Å². The smallest absolute Gasteiger partial charge is 0.197 e. The van der Waals surface area contributed by atoms with Crippen molar-refractivity contribution in [1.82, 2.24) is 0 Å². The van der Waals surface area contributed by atoms with Crippen molar-refractivity contribution in [3.05, 3.63) is 60.2 Å². The molecule has 2 aromatic carbocycles. The Morgan fingerprint density at radius 1 is 0.808 bits per heavy atom. The molecule has 0 saturated carbocycles. The summed E-state index contributed by atoms with van der Waals surface area (Å²) in [5.41, 5.74) is 1.39. The topological polar surface area (TPSA) is 27.7 Å². The number of hydrogen-bond acceptors (Lipinski definition) is 3. The molecule has 3 heteroatoms. The summed E-state index contributed by atoms with van der Waals surface area (Å²) in [5, 5.41) is 0. The highest BCUT2D eigenvalue weighted by Gasteiger charge is 2.12. The zero-order valence-corrected chi connectivity index (χ0v) is 16.5. The van der Waals surface area contributed by atoms with Crippen molar-refractivity contribution in [1.29, 1.82) is 0 Å². The molecule has 142 valence electrons. The molecule has 0 aliphatic heterocycles. The highest BCUT2D eigenvalue weighted by Crippen LogP contribution is 2.28. The molecule has 0 heterocycles. The largest absolute Gasteiger partial charge is 0.491 e. The molecule has 0 aliphatic rings. The van der Waals surface area contributed by atoms with Crippen LogP contribution in [0.3, 0.4) is 0 Å². The Bertz CT molecular complexity index is 607. The molecule has 2 rings (SSSR count). The standard InChI is InChI=1S/C23H32O3/c1-5-20(17-18(2)3)21-11-13-23(14-12-21)26-19(4)24-15-16-25-22-9-7-6-8-10-22/h6-14,18-20H,5,15-17H2,1-4H3. The lowest BCUT2D eigenvalue weighted by Gasteiger charge is -2.19. The second kappa shape index (κ2) is 10.9. The summed E-state index contributed by atoms with van der Waals surface area (Å²) < 4.78 is 17.1. The first-order valence-electron chi connectivity index (χ1n) is 9.64. The van der Waals surface area contributed by atoms with E-state index < -0.39 is 0 Å². The van der Waals surface area contributed by atoms with Crippen molar-refractivity contribution in [3.63, 3.8) is 0 Å². The third-order valence-electron chi connectivity index (χ3n) is 4.35. The minimum Gasteiger partial charge on any atom is -0.491 e. The molecule has 3 nitrogen and oxygen atoms in total. The van der Waals surface area contributed by atoms with E-state index in [9.17, 15) is 0 Å². The van der Waals surface area contributed by atoms with Gasteiger partial charge in [0.1, 0.15) is 18.1 Å². The highest BCUT2D eigenvalue weighted by molar-refractivity contribution is 5.29. The van der Waals surface area contributed by atoms with Crippen LogP contribution in [-0.2, 0) is 4.74 Å². The van der Waals surface area contributed by atoms with E-state index in [0.29, 0.717) is 25.0 Å². The minimum atomic E-state index is -0.308. The van der Waals surface area contributed by atoms with Crippen LogP contribution >= 0.6 is 0 Å². The van der Waals surface area contributed by atoms with E-state index in [-0.39, 0.29) is 6.29 Å². The summed E-state index contributed by atoms with van der Waals surface area (Å²) >= 11 is 0. The van der Waals surface area contributed by atoms with Gasteiger partial charge in [-0.2, -0.15) is 0 Å². The van der Waals surface area contributed by atoms with E-state index in [1.54, 1.807) is 0 Å². The van der Waals surface area contributed by atoms with Gasteiger partial charge < -0.3 is 14.2 Å². The molecular weight excluding hydrogens is 324 g/mol. The molecular formula is C23H32O3. The van der Waals surface area contributed by atoms with Gasteiger partial charge in [-0.3, -0.25) is 0 Å². The Morgan fingerprint density at radius 3 is 2.12 bits per heavy atom. The van der Waals surface area contributed by atoms with Gasteiger partial charge in [-0.05, 0) is 61.4 Å². The van der Waals surface area contributed by atoms with Crippen LogP contribution in [0.2, 0.25) is 0 Å². The third-order valence-corrected chi connectivity index (χ3v) is 4.35. The van der Waals surface area contributed by atoms with Gasteiger partial charge in [-0.1, -0.05) is 51.1 Å². The van der Waals surface area contributed by atoms with Crippen molar-refractivity contribution >= 4 is 0 Å². The second-order valence-corrected chi connectivity index (χ2v) is 7.02. The Morgan fingerprint density at radius 2 is 1.50 bits per heavy atom. The fourth-order valence-electron chi connectivity index (χ4n) is 3.04. The Hall–Kier alpha value is -2.00. The van der Waals surface area contributed by atoms with E-state index in [1.165, 1.54) is 18.4 Å². The van der Waals surface area contributed by atoms with E-state index in [1.807, 2.05) is 49.4 Å². The molecule has 2 atom stereocenters. The summed E-state index contributed by atoms with van der Waals surface area (Å²) in [4.78, 5) is 0. The zero-order chi connectivity index (χ0) is 18.8. The van der Waals surface area contributed by atoms with Crippen molar-refractivity contribution in [3.8, 4) is 11.5 Å². The normalized spacial score (nSPS) is 13.4. The van der Waals surface area contributed by atoms with E-state index in [4.69, 9.17) is 14.2 Å². The van der Waals surface area contributed by atoms with Gasteiger partial charge in [0, 0.05) is 0 Å². The number of rotatable bonds is 11. The fraction of sp³-hybridized carbons (Fsp3) is 0.478. The number of benzene rings is 2. The van der Waals surface area contributed by atoms with Crippen molar-refractivity contribution in [2.75, 3.05) is 13.2 Å². The summed E-state index contributed by atoms with van der Waals surface area (Å²) in [5.74, 6) is 3.02. The van der Waals surface area contributed by atoms with Crippen LogP contribution in [0, 0.1) is 5.92 Å². The second-order valence-electron chi connectivity index (χ2n) is 7.02. The zero-order valence-electron chi connectivity index (χ0n) is 16.5. The van der Waals surface area contributed by atoms with Gasteiger partial charge in [-0.15, -0.1) is 0 Å². The van der Waals surface area contributed by atoms with Gasteiger partial charge in [0.25, 0.3) is 0 Å². The van der Waals surface area contributed by atoms with E-state index in [2.05, 4.69) is 32.9 Å². The SMILES string of the molecule is CCC(CC(C)C)c1ccc(OC(C)OCCOc2ccccc2)cc1. The van der Waals surface area contributed by atoms with Crippen LogP contribution < -0.4 is 9.47 Å². The Balaban J connectivity index is 1.73. The lowest BCUT2D eigenvalue weighted by Crippen LogP contribution is -2.19. The molecule has 0 saturated heterocycles. The average molecular weight is 357 g/mol. The molecule has 0 spiro atoms. The lowest BCUT2D eigenvalue weighted by atomic mass is 9.88. The van der Waals surface area contributed by atoms with Crippen LogP contribution in [0.5, 0.6) is 11.5 Å². The summed E-state index contributed by atoms with van der Waals surface area (Å²) in [6, 6.07) is 18.2. The monoisotopic (exact) mass is 356 g/mol. The first-order chi connectivity index (χ1) is 12.6. The first kappa shape index (κ1) is 20.3. The lowest BCUT2D eigenvalue weighted by molar-refractivity contribution is -0.0739. The summed E-state index contributed by atoms with van der Waals surface area (Å²) in [7, 11) is 0. The molecule has 2 aromatic rings.